The summed E-state index contributed by atoms with van der Waals surface area (Å²) in [5.41, 5.74) is -0.105. The van der Waals surface area contributed by atoms with Crippen LogP contribution in [0.3, 0.4) is 0 Å². The summed E-state index contributed by atoms with van der Waals surface area (Å²) in [5, 5.41) is 18.7. The van der Waals surface area contributed by atoms with Crippen molar-refractivity contribution < 1.29 is 18.6 Å². The molecule has 2 atom stereocenters. The van der Waals surface area contributed by atoms with E-state index in [0.29, 0.717) is 0 Å². The van der Waals surface area contributed by atoms with Crippen molar-refractivity contribution in [2.75, 3.05) is 13.2 Å². The molecule has 0 saturated carbocycles. The van der Waals surface area contributed by atoms with E-state index < -0.39 is 21.6 Å². The van der Waals surface area contributed by atoms with E-state index in [1.165, 1.54) is 0 Å². The molecule has 2 heterocycles. The predicted molar refractivity (Wildman–Crippen MR) is 136 cm³/mol. The topological polar surface area (TPSA) is 74.6 Å². The lowest BCUT2D eigenvalue weighted by Gasteiger charge is -2.21. The van der Waals surface area contributed by atoms with Gasteiger partial charge in [0.25, 0.3) is 0 Å². The molecule has 0 amide bonds. The number of allylic oxidation sites excluding steroid dienone is 8. The third-order valence-electron chi connectivity index (χ3n) is 6.09. The second kappa shape index (κ2) is 12.4. The number of hydrogen-bond acceptors (Lipinski definition) is 4. The minimum Gasteiger partial charge on any atom is -0.396 e. The van der Waals surface area contributed by atoms with Crippen LogP contribution in [0.4, 0.5) is 0 Å². The number of hydrogen-bond donors (Lipinski definition) is 2. The normalized spacial score (nSPS) is 21.7. The molecule has 0 spiro atoms. The largest absolute Gasteiger partial charge is 0.396 e. The van der Waals surface area contributed by atoms with Gasteiger partial charge in [0, 0.05) is 32.8 Å². The molecule has 6 heteroatoms. The maximum Gasteiger partial charge on any atom is 0.0808 e. The van der Waals surface area contributed by atoms with Crippen molar-refractivity contribution >= 4 is 21.6 Å². The van der Waals surface area contributed by atoms with Gasteiger partial charge in [-0.2, -0.15) is 0 Å². The van der Waals surface area contributed by atoms with Gasteiger partial charge in [-0.3, -0.25) is 0 Å². The monoisotopic (exact) mass is 480 g/mol. The predicted octanol–water partition coefficient (Wildman–Crippen LogP) is 5.76. The van der Waals surface area contributed by atoms with E-state index in [4.69, 9.17) is 0 Å². The number of aliphatic hydroxyl groups excluding tert-OH is 2. The Labute approximate surface area is 199 Å². The molecular formula is C26H40O4S2. The summed E-state index contributed by atoms with van der Waals surface area (Å²) in [6, 6.07) is 0. The van der Waals surface area contributed by atoms with Crippen molar-refractivity contribution in [2.45, 2.75) is 79.1 Å². The molecule has 2 N–H and O–H groups in total. The number of aliphatic hydroxyl groups is 2. The maximum absolute atomic E-state index is 12.7. The van der Waals surface area contributed by atoms with Crippen molar-refractivity contribution in [3.8, 4) is 0 Å². The van der Waals surface area contributed by atoms with Crippen LogP contribution in [0, 0.1) is 10.8 Å². The molecule has 2 aliphatic heterocycles. The van der Waals surface area contributed by atoms with Gasteiger partial charge in [0.2, 0.25) is 0 Å². The summed E-state index contributed by atoms with van der Waals surface area (Å²) in [7, 11) is -2.28. The van der Waals surface area contributed by atoms with Crippen molar-refractivity contribution in [1.29, 1.82) is 0 Å². The van der Waals surface area contributed by atoms with Crippen LogP contribution >= 0.6 is 0 Å². The fraction of sp³-hybridized carbons (Fsp3) is 0.615. The van der Waals surface area contributed by atoms with Gasteiger partial charge in [-0.15, -0.1) is 0 Å². The highest BCUT2D eigenvalue weighted by Gasteiger charge is 2.20. The Kier molecular flexibility index (Phi) is 10.5. The van der Waals surface area contributed by atoms with Crippen LogP contribution < -0.4 is 0 Å². The van der Waals surface area contributed by atoms with Gasteiger partial charge < -0.3 is 10.2 Å². The molecule has 4 nitrogen and oxygen atoms in total. The third-order valence-corrected chi connectivity index (χ3v) is 9.13. The highest BCUT2D eigenvalue weighted by atomic mass is 32.2. The summed E-state index contributed by atoms with van der Waals surface area (Å²) in [6.45, 7) is 8.62. The van der Waals surface area contributed by atoms with E-state index in [1.807, 2.05) is 36.5 Å². The van der Waals surface area contributed by atoms with Crippen LogP contribution in [0.5, 0.6) is 0 Å². The van der Waals surface area contributed by atoms with Crippen LogP contribution in [0.25, 0.3) is 0 Å². The molecule has 0 fully saturated rings. The Bertz CT molecular complexity index is 787. The van der Waals surface area contributed by atoms with Crippen molar-refractivity contribution in [1.82, 2.24) is 0 Å². The SMILES string of the molecule is CC(C)(CO)CCCCC1=CC=C(/C=C\C2=CC=C(CCCCC(C)(C)CO)S2=O)S1=O. The first-order valence-electron chi connectivity index (χ1n) is 11.6. The van der Waals surface area contributed by atoms with Crippen molar-refractivity contribution in [3.63, 3.8) is 0 Å². The zero-order valence-corrected chi connectivity index (χ0v) is 21.7. The summed E-state index contributed by atoms with van der Waals surface area (Å²) in [5.74, 6) is 0. The molecule has 32 heavy (non-hydrogen) atoms. The fourth-order valence-electron chi connectivity index (χ4n) is 3.61. The fourth-order valence-corrected chi connectivity index (χ4v) is 6.03. The lowest BCUT2D eigenvalue weighted by Crippen LogP contribution is -2.16. The van der Waals surface area contributed by atoms with E-state index in [9.17, 15) is 18.6 Å². The maximum atomic E-state index is 12.7. The lowest BCUT2D eigenvalue weighted by molar-refractivity contribution is 0.147. The van der Waals surface area contributed by atoms with Crippen molar-refractivity contribution in [2.24, 2.45) is 10.8 Å². The number of rotatable bonds is 14. The Morgan fingerprint density at radius 1 is 0.688 bits per heavy atom. The molecule has 2 rings (SSSR count). The lowest BCUT2D eigenvalue weighted by atomic mass is 9.88. The Morgan fingerprint density at radius 2 is 1.06 bits per heavy atom. The van der Waals surface area contributed by atoms with E-state index in [2.05, 4.69) is 27.7 Å². The van der Waals surface area contributed by atoms with Crippen LogP contribution in [0.1, 0.15) is 79.1 Å². The molecule has 180 valence electrons. The minimum atomic E-state index is -1.14. The summed E-state index contributed by atoms with van der Waals surface area (Å²) < 4.78 is 25.5. The van der Waals surface area contributed by atoms with E-state index in [1.54, 1.807) is 0 Å². The van der Waals surface area contributed by atoms with Gasteiger partial charge in [-0.25, -0.2) is 8.42 Å². The summed E-state index contributed by atoms with van der Waals surface area (Å²) in [6.07, 6.45) is 18.8. The molecule has 0 bridgehead atoms. The molecular weight excluding hydrogens is 440 g/mol. The van der Waals surface area contributed by atoms with Crippen LogP contribution in [0.2, 0.25) is 0 Å². The third kappa shape index (κ3) is 8.36. The average Bonchev–Trinajstić information content (AvgIpc) is 3.29. The Morgan fingerprint density at radius 3 is 1.41 bits per heavy atom. The van der Waals surface area contributed by atoms with E-state index in [0.717, 1.165) is 71.0 Å². The van der Waals surface area contributed by atoms with Gasteiger partial charge >= 0.3 is 0 Å². The smallest absolute Gasteiger partial charge is 0.0808 e. The van der Waals surface area contributed by atoms with Gasteiger partial charge in [0.1, 0.15) is 0 Å². The van der Waals surface area contributed by atoms with Crippen LogP contribution in [-0.2, 0) is 21.6 Å². The summed E-state index contributed by atoms with van der Waals surface area (Å²) in [4.78, 5) is 3.40. The first kappa shape index (κ1) is 27.2. The highest BCUT2D eigenvalue weighted by Crippen LogP contribution is 2.31. The van der Waals surface area contributed by atoms with Gasteiger partial charge in [-0.1, -0.05) is 40.5 Å². The van der Waals surface area contributed by atoms with Gasteiger partial charge in [0.15, 0.2) is 0 Å². The average molecular weight is 481 g/mol. The molecule has 0 aromatic heterocycles. The molecule has 0 aromatic carbocycles. The second-order valence-corrected chi connectivity index (χ2v) is 13.4. The van der Waals surface area contributed by atoms with Crippen molar-refractivity contribution in [3.05, 3.63) is 56.1 Å². The molecule has 0 aliphatic carbocycles. The Balaban J connectivity index is 1.73. The zero-order chi connectivity index (χ0) is 23.8. The number of unbranched alkanes of at least 4 members (excludes halogenated alkanes) is 2. The molecule has 2 unspecified atom stereocenters. The Hall–Kier alpha value is -1.08. The highest BCUT2D eigenvalue weighted by molar-refractivity contribution is 7.93. The zero-order valence-electron chi connectivity index (χ0n) is 20.1. The quantitative estimate of drug-likeness (QED) is 0.310. The van der Waals surface area contributed by atoms with Gasteiger partial charge in [-0.05, 0) is 85.8 Å². The first-order chi connectivity index (χ1) is 15.1. The second-order valence-electron chi connectivity index (χ2n) is 10.3. The summed E-state index contributed by atoms with van der Waals surface area (Å²) >= 11 is 0. The van der Waals surface area contributed by atoms with Crippen LogP contribution in [-0.4, -0.2) is 31.8 Å². The molecule has 0 aromatic rings. The molecule has 0 radical (unpaired) electrons. The standard InChI is InChI=1S/C26H40O4S2/c1-25(2,19-27)17-7-5-9-21-11-13-23(31(21)29)15-16-24-14-12-22(32(24)30)10-6-8-18-26(3,4)20-28/h11-16,27-28H,5-10,17-20H2,1-4H3/b16-15-. The van der Waals surface area contributed by atoms with E-state index in [-0.39, 0.29) is 24.0 Å². The van der Waals surface area contributed by atoms with E-state index >= 15 is 0 Å². The van der Waals surface area contributed by atoms with Crippen LogP contribution in [0.15, 0.2) is 56.1 Å². The molecule has 0 saturated heterocycles. The first-order valence-corrected chi connectivity index (χ1v) is 13.9. The van der Waals surface area contributed by atoms with Gasteiger partial charge in [0.05, 0.1) is 21.6 Å². The minimum absolute atomic E-state index is 0.0527. The molecule has 2 aliphatic rings.